The Morgan fingerprint density at radius 2 is 1.85 bits per heavy atom. The van der Waals surface area contributed by atoms with Crippen molar-refractivity contribution in [1.82, 2.24) is 5.32 Å². The quantitative estimate of drug-likeness (QED) is 0.606. The van der Waals surface area contributed by atoms with Gasteiger partial charge in [-0.2, -0.15) is 0 Å². The van der Waals surface area contributed by atoms with Crippen molar-refractivity contribution in [2.24, 2.45) is 11.8 Å². The van der Waals surface area contributed by atoms with Crippen LogP contribution in [-0.4, -0.2) is 11.6 Å². The maximum Gasteiger partial charge on any atom is 0.0153 e. The summed E-state index contributed by atoms with van der Waals surface area (Å²) in [4.78, 5) is 0. The zero-order valence-electron chi connectivity index (χ0n) is 9.27. The van der Waals surface area contributed by atoms with Gasteiger partial charge in [0.25, 0.3) is 0 Å². The molecule has 2 aliphatic rings. The number of hydrogen-bond acceptors (Lipinski definition) is 1. The normalized spacial score (nSPS) is 44.1. The topological polar surface area (TPSA) is 12.0 Å². The Hall–Kier alpha value is -0.0400. The highest BCUT2D eigenvalue weighted by atomic mass is 15.0. The molecule has 76 valence electrons. The molecule has 1 N–H and O–H groups in total. The van der Waals surface area contributed by atoms with E-state index in [-0.39, 0.29) is 0 Å². The fraction of sp³-hybridized carbons (Fsp3) is 1.00. The molecule has 0 radical (unpaired) electrons. The SMILES string of the molecule is CC1CC2CCCCC2NC1(C)C. The summed E-state index contributed by atoms with van der Waals surface area (Å²) < 4.78 is 0. The van der Waals surface area contributed by atoms with Gasteiger partial charge in [0, 0.05) is 11.6 Å². The molecule has 1 aliphatic carbocycles. The molecule has 1 saturated carbocycles. The standard InChI is InChI=1S/C12H23N/c1-9-8-10-6-4-5-7-11(10)13-12(9,2)3/h9-11,13H,4-8H2,1-3H3. The molecule has 3 atom stereocenters. The molecule has 0 aromatic carbocycles. The van der Waals surface area contributed by atoms with Gasteiger partial charge in [0.2, 0.25) is 0 Å². The zero-order chi connectivity index (χ0) is 9.47. The summed E-state index contributed by atoms with van der Waals surface area (Å²) in [5, 5.41) is 3.84. The van der Waals surface area contributed by atoms with E-state index in [2.05, 4.69) is 26.1 Å². The van der Waals surface area contributed by atoms with Crippen LogP contribution in [-0.2, 0) is 0 Å². The lowest BCUT2D eigenvalue weighted by Crippen LogP contribution is -2.58. The second-order valence-corrected chi connectivity index (χ2v) is 5.65. The Morgan fingerprint density at radius 1 is 1.15 bits per heavy atom. The Bertz CT molecular complexity index is 186. The van der Waals surface area contributed by atoms with Gasteiger partial charge in [-0.05, 0) is 44.9 Å². The van der Waals surface area contributed by atoms with Gasteiger partial charge in [0.15, 0.2) is 0 Å². The summed E-state index contributed by atoms with van der Waals surface area (Å²) >= 11 is 0. The van der Waals surface area contributed by atoms with Crippen molar-refractivity contribution in [3.63, 3.8) is 0 Å². The van der Waals surface area contributed by atoms with Crippen LogP contribution in [0.15, 0.2) is 0 Å². The molecular formula is C12H23N. The predicted molar refractivity (Wildman–Crippen MR) is 56.7 cm³/mol. The Labute approximate surface area is 82.3 Å². The third kappa shape index (κ3) is 1.76. The van der Waals surface area contributed by atoms with E-state index in [1.807, 2.05) is 0 Å². The average Bonchev–Trinajstić information content (AvgIpc) is 2.06. The number of hydrogen-bond donors (Lipinski definition) is 1. The predicted octanol–water partition coefficient (Wildman–Crippen LogP) is 2.95. The summed E-state index contributed by atoms with van der Waals surface area (Å²) in [5.41, 5.74) is 0.374. The first-order valence-corrected chi connectivity index (χ1v) is 5.87. The van der Waals surface area contributed by atoms with Gasteiger partial charge in [-0.1, -0.05) is 19.8 Å². The molecule has 0 amide bonds. The molecule has 0 aromatic heterocycles. The third-order valence-electron chi connectivity index (χ3n) is 4.35. The lowest BCUT2D eigenvalue weighted by Gasteiger charge is -2.48. The van der Waals surface area contributed by atoms with Gasteiger partial charge in [-0.15, -0.1) is 0 Å². The van der Waals surface area contributed by atoms with Gasteiger partial charge in [0.05, 0.1) is 0 Å². The van der Waals surface area contributed by atoms with Gasteiger partial charge in [-0.25, -0.2) is 0 Å². The number of rotatable bonds is 0. The molecule has 1 heterocycles. The van der Waals surface area contributed by atoms with E-state index in [9.17, 15) is 0 Å². The van der Waals surface area contributed by atoms with Crippen LogP contribution >= 0.6 is 0 Å². The minimum Gasteiger partial charge on any atom is -0.309 e. The Kier molecular flexibility index (Phi) is 2.39. The fourth-order valence-electron chi connectivity index (χ4n) is 3.05. The van der Waals surface area contributed by atoms with Gasteiger partial charge < -0.3 is 5.32 Å². The van der Waals surface area contributed by atoms with Crippen LogP contribution in [0.4, 0.5) is 0 Å². The van der Waals surface area contributed by atoms with Crippen molar-refractivity contribution in [2.75, 3.05) is 0 Å². The van der Waals surface area contributed by atoms with E-state index in [1.165, 1.54) is 32.1 Å². The van der Waals surface area contributed by atoms with Crippen LogP contribution in [0.25, 0.3) is 0 Å². The monoisotopic (exact) mass is 181 g/mol. The molecule has 0 aromatic rings. The molecule has 0 spiro atoms. The summed E-state index contributed by atoms with van der Waals surface area (Å²) in [7, 11) is 0. The minimum atomic E-state index is 0.374. The van der Waals surface area contributed by atoms with Crippen LogP contribution in [0.2, 0.25) is 0 Å². The Balaban J connectivity index is 2.05. The molecule has 0 bridgehead atoms. The molecule has 1 nitrogen and oxygen atoms in total. The van der Waals surface area contributed by atoms with Gasteiger partial charge in [0.1, 0.15) is 0 Å². The van der Waals surface area contributed by atoms with E-state index in [1.54, 1.807) is 0 Å². The number of fused-ring (bicyclic) bond motifs is 1. The fourth-order valence-corrected chi connectivity index (χ4v) is 3.05. The van der Waals surface area contributed by atoms with Crippen molar-refractivity contribution in [1.29, 1.82) is 0 Å². The minimum absolute atomic E-state index is 0.374. The summed E-state index contributed by atoms with van der Waals surface area (Å²) in [6.45, 7) is 7.13. The van der Waals surface area contributed by atoms with Gasteiger partial charge in [-0.3, -0.25) is 0 Å². The lowest BCUT2D eigenvalue weighted by molar-refractivity contribution is 0.0855. The van der Waals surface area contributed by atoms with E-state index < -0.39 is 0 Å². The van der Waals surface area contributed by atoms with Crippen LogP contribution < -0.4 is 5.32 Å². The largest absolute Gasteiger partial charge is 0.309 e. The second kappa shape index (κ2) is 3.27. The molecule has 13 heavy (non-hydrogen) atoms. The molecular weight excluding hydrogens is 158 g/mol. The summed E-state index contributed by atoms with van der Waals surface area (Å²) in [5.74, 6) is 1.82. The molecule has 3 unspecified atom stereocenters. The second-order valence-electron chi connectivity index (χ2n) is 5.65. The van der Waals surface area contributed by atoms with Crippen molar-refractivity contribution in [3.8, 4) is 0 Å². The molecule has 1 heteroatoms. The van der Waals surface area contributed by atoms with Crippen LogP contribution in [0, 0.1) is 11.8 Å². The maximum absolute atomic E-state index is 3.84. The van der Waals surface area contributed by atoms with Crippen molar-refractivity contribution in [3.05, 3.63) is 0 Å². The van der Waals surface area contributed by atoms with Crippen LogP contribution in [0.1, 0.15) is 52.9 Å². The van der Waals surface area contributed by atoms with Crippen LogP contribution in [0.5, 0.6) is 0 Å². The summed E-state index contributed by atoms with van der Waals surface area (Å²) in [6.07, 6.45) is 7.25. The molecule has 2 fully saturated rings. The van der Waals surface area contributed by atoms with Gasteiger partial charge >= 0.3 is 0 Å². The van der Waals surface area contributed by atoms with Crippen LogP contribution in [0.3, 0.4) is 0 Å². The maximum atomic E-state index is 3.84. The number of piperidine rings is 1. The zero-order valence-corrected chi connectivity index (χ0v) is 9.27. The summed E-state index contributed by atoms with van der Waals surface area (Å²) in [6, 6.07) is 0.833. The van der Waals surface area contributed by atoms with Crippen molar-refractivity contribution >= 4 is 0 Å². The third-order valence-corrected chi connectivity index (χ3v) is 4.35. The molecule has 2 rings (SSSR count). The lowest BCUT2D eigenvalue weighted by atomic mass is 9.70. The highest BCUT2D eigenvalue weighted by molar-refractivity contribution is 4.97. The van der Waals surface area contributed by atoms with E-state index >= 15 is 0 Å². The first-order chi connectivity index (χ1) is 6.09. The first-order valence-electron chi connectivity index (χ1n) is 5.87. The van der Waals surface area contributed by atoms with Crippen molar-refractivity contribution in [2.45, 2.75) is 64.5 Å². The molecule has 1 saturated heterocycles. The number of nitrogens with one attached hydrogen (secondary N) is 1. The molecule has 1 aliphatic heterocycles. The highest BCUT2D eigenvalue weighted by Crippen LogP contribution is 2.38. The van der Waals surface area contributed by atoms with E-state index in [0.29, 0.717) is 5.54 Å². The highest BCUT2D eigenvalue weighted by Gasteiger charge is 2.39. The Morgan fingerprint density at radius 3 is 2.62 bits per heavy atom. The first kappa shape index (κ1) is 9.51. The smallest absolute Gasteiger partial charge is 0.0153 e. The average molecular weight is 181 g/mol. The van der Waals surface area contributed by atoms with Crippen molar-refractivity contribution < 1.29 is 0 Å². The van der Waals surface area contributed by atoms with E-state index in [0.717, 1.165) is 17.9 Å². The van der Waals surface area contributed by atoms with E-state index in [4.69, 9.17) is 0 Å².